The van der Waals surface area contributed by atoms with E-state index in [2.05, 4.69) is 95.8 Å². The van der Waals surface area contributed by atoms with Crippen LogP contribution in [0.1, 0.15) is 43.7 Å². The molecule has 1 aliphatic heterocycles. The fourth-order valence-electron chi connectivity index (χ4n) is 4.79. The van der Waals surface area contributed by atoms with Crippen LogP contribution >= 0.6 is 15.9 Å². The van der Waals surface area contributed by atoms with Gasteiger partial charge < -0.3 is 5.32 Å². The Balaban J connectivity index is 1.81. The van der Waals surface area contributed by atoms with Crippen LogP contribution in [0.2, 0.25) is 0 Å². The predicted molar refractivity (Wildman–Crippen MR) is 119 cm³/mol. The third-order valence-electron chi connectivity index (χ3n) is 5.96. The van der Waals surface area contributed by atoms with E-state index < -0.39 is 0 Å². The molecule has 0 spiro atoms. The Kier molecular flexibility index (Phi) is 3.99. The van der Waals surface area contributed by atoms with Gasteiger partial charge in [-0.1, -0.05) is 72.2 Å². The number of carbonyl (C=O) groups excluding carboxylic acids is 1. The summed E-state index contributed by atoms with van der Waals surface area (Å²) in [7, 11) is 0. The summed E-state index contributed by atoms with van der Waals surface area (Å²) in [5, 5.41) is 6.06. The minimum Gasteiger partial charge on any atom is -0.358 e. The van der Waals surface area contributed by atoms with Crippen molar-refractivity contribution in [1.82, 2.24) is 0 Å². The molecule has 5 rings (SSSR count). The summed E-state index contributed by atoms with van der Waals surface area (Å²) >= 11 is 3.55. The number of fused-ring (bicyclic) bond motifs is 3. The summed E-state index contributed by atoms with van der Waals surface area (Å²) in [6.07, 6.45) is 1.49. The number of hydrogen-bond acceptors (Lipinski definition) is 2. The highest BCUT2D eigenvalue weighted by Crippen LogP contribution is 2.50. The lowest BCUT2D eigenvalue weighted by Gasteiger charge is -2.40. The molecule has 3 heteroatoms. The third-order valence-corrected chi connectivity index (χ3v) is 6.49. The quantitative estimate of drug-likeness (QED) is 0.458. The van der Waals surface area contributed by atoms with Gasteiger partial charge in [0.15, 0.2) is 5.78 Å². The van der Waals surface area contributed by atoms with Gasteiger partial charge in [-0.25, -0.2) is 0 Å². The average molecular weight is 432 g/mol. The van der Waals surface area contributed by atoms with Crippen molar-refractivity contribution in [3.05, 3.63) is 87.5 Å². The third kappa shape index (κ3) is 2.80. The fraction of sp³-hybridized carbons (Fsp3) is 0.240. The number of halogens is 1. The molecule has 0 radical (unpaired) electrons. The first kappa shape index (κ1) is 17.7. The van der Waals surface area contributed by atoms with Gasteiger partial charge in [-0.2, -0.15) is 0 Å². The largest absolute Gasteiger partial charge is 0.358 e. The highest BCUT2D eigenvalue weighted by molar-refractivity contribution is 9.10. The number of rotatable bonds is 1. The molecule has 28 heavy (non-hydrogen) atoms. The first-order chi connectivity index (χ1) is 13.4. The minimum atomic E-state index is -0.0333. The second kappa shape index (κ2) is 6.31. The maximum Gasteiger partial charge on any atom is 0.162 e. The molecule has 1 heterocycles. The molecule has 0 fully saturated rings. The molecule has 0 amide bonds. The molecule has 0 saturated heterocycles. The fourth-order valence-corrected chi connectivity index (χ4v) is 5.06. The van der Waals surface area contributed by atoms with Crippen molar-refractivity contribution in [2.75, 3.05) is 5.32 Å². The lowest BCUT2D eigenvalue weighted by Crippen LogP contribution is -2.33. The van der Waals surface area contributed by atoms with E-state index in [1.54, 1.807) is 0 Å². The van der Waals surface area contributed by atoms with Crippen molar-refractivity contribution in [2.45, 2.75) is 32.6 Å². The van der Waals surface area contributed by atoms with Crippen molar-refractivity contribution in [3.63, 3.8) is 0 Å². The van der Waals surface area contributed by atoms with Gasteiger partial charge in [0, 0.05) is 33.8 Å². The zero-order chi connectivity index (χ0) is 19.5. The first-order valence-electron chi connectivity index (χ1n) is 9.73. The molecule has 2 nitrogen and oxygen atoms in total. The minimum absolute atomic E-state index is 0.0124. The number of benzene rings is 3. The van der Waals surface area contributed by atoms with E-state index in [9.17, 15) is 4.79 Å². The molecule has 2 aliphatic rings. The van der Waals surface area contributed by atoms with Gasteiger partial charge >= 0.3 is 0 Å². The molecule has 0 aromatic heterocycles. The van der Waals surface area contributed by atoms with Crippen LogP contribution in [0.3, 0.4) is 0 Å². The van der Waals surface area contributed by atoms with E-state index in [0.717, 1.165) is 27.9 Å². The average Bonchev–Trinajstić information content (AvgIpc) is 2.66. The number of allylic oxidation sites excluding steroid dienone is 2. The zero-order valence-electron chi connectivity index (χ0n) is 16.1. The summed E-state index contributed by atoms with van der Waals surface area (Å²) < 4.78 is 1.05. The van der Waals surface area contributed by atoms with Gasteiger partial charge in [0.25, 0.3) is 0 Å². The van der Waals surface area contributed by atoms with Gasteiger partial charge in [-0.3, -0.25) is 4.79 Å². The molecule has 0 saturated carbocycles. The van der Waals surface area contributed by atoms with Gasteiger partial charge in [-0.05, 0) is 51.9 Å². The summed E-state index contributed by atoms with van der Waals surface area (Å²) in [5.74, 6) is 0.235. The van der Waals surface area contributed by atoms with E-state index in [1.165, 1.54) is 21.9 Å². The highest BCUT2D eigenvalue weighted by atomic mass is 79.9. The summed E-state index contributed by atoms with van der Waals surface area (Å²) in [4.78, 5) is 13.3. The smallest absolute Gasteiger partial charge is 0.162 e. The van der Waals surface area contributed by atoms with Crippen molar-refractivity contribution in [2.24, 2.45) is 5.41 Å². The predicted octanol–water partition coefficient (Wildman–Crippen LogP) is 6.80. The van der Waals surface area contributed by atoms with Crippen molar-refractivity contribution < 1.29 is 4.79 Å². The molecule has 3 aromatic rings. The Labute approximate surface area is 173 Å². The maximum atomic E-state index is 13.3. The van der Waals surface area contributed by atoms with Gasteiger partial charge in [0.1, 0.15) is 0 Å². The molecule has 1 aliphatic carbocycles. The van der Waals surface area contributed by atoms with Crippen molar-refractivity contribution >= 4 is 38.2 Å². The molecule has 0 bridgehead atoms. The highest BCUT2D eigenvalue weighted by Gasteiger charge is 2.41. The van der Waals surface area contributed by atoms with Crippen molar-refractivity contribution in [3.8, 4) is 0 Å². The van der Waals surface area contributed by atoms with E-state index in [0.29, 0.717) is 6.42 Å². The van der Waals surface area contributed by atoms with Crippen molar-refractivity contribution in [1.29, 1.82) is 0 Å². The molecule has 3 aromatic carbocycles. The number of ketones is 1. The molecule has 0 unspecified atom stereocenters. The second-order valence-corrected chi connectivity index (χ2v) is 9.61. The maximum absolute atomic E-state index is 13.3. The van der Waals surface area contributed by atoms with Gasteiger partial charge in [0.05, 0.1) is 0 Å². The van der Waals surface area contributed by atoms with Crippen LogP contribution in [0.5, 0.6) is 0 Å². The molecule has 140 valence electrons. The number of anilines is 1. The summed E-state index contributed by atoms with van der Waals surface area (Å²) in [5.41, 5.74) is 5.54. The lowest BCUT2D eigenvalue weighted by molar-refractivity contribution is -0.118. The monoisotopic (exact) mass is 431 g/mol. The Morgan fingerprint density at radius 2 is 1.71 bits per heavy atom. The van der Waals surface area contributed by atoms with Crippen LogP contribution in [0.4, 0.5) is 5.69 Å². The topological polar surface area (TPSA) is 29.1 Å². The van der Waals surface area contributed by atoms with Crippen LogP contribution in [-0.4, -0.2) is 5.78 Å². The second-order valence-electron chi connectivity index (χ2n) is 8.69. The van der Waals surface area contributed by atoms with E-state index in [4.69, 9.17) is 0 Å². The molecular formula is C25H22BrNO. The normalized spacial score (nSPS) is 20.5. The number of carbonyl (C=O) groups is 1. The SMILES string of the molecule is CC1(C)CC(=O)C2=C(C1)Nc1ccc3ccccc3c1[C@@H]2c1ccc(Br)cc1. The Bertz CT molecular complexity index is 1140. The van der Waals surface area contributed by atoms with Gasteiger partial charge in [0.2, 0.25) is 0 Å². The first-order valence-corrected chi connectivity index (χ1v) is 10.5. The molecule has 1 N–H and O–H groups in total. The van der Waals surface area contributed by atoms with E-state index >= 15 is 0 Å². The van der Waals surface area contributed by atoms with Crippen LogP contribution in [0, 0.1) is 5.41 Å². The molecular weight excluding hydrogens is 410 g/mol. The Hall–Kier alpha value is -2.39. The Morgan fingerprint density at radius 1 is 0.964 bits per heavy atom. The number of hydrogen-bond donors (Lipinski definition) is 1. The van der Waals surface area contributed by atoms with E-state index in [-0.39, 0.29) is 17.1 Å². The van der Waals surface area contributed by atoms with E-state index in [1.807, 2.05) is 0 Å². The summed E-state index contributed by atoms with van der Waals surface area (Å²) in [6, 6.07) is 21.2. The van der Waals surface area contributed by atoms with Crippen LogP contribution in [-0.2, 0) is 4.79 Å². The standard InChI is InChI=1S/C25H22BrNO/c1-25(2)13-20-24(21(28)14-25)22(16-7-10-17(26)11-8-16)23-18-6-4-3-5-15(18)9-12-19(23)27-20/h3-12,22,27H,13-14H2,1-2H3/t22-/m0/s1. The lowest BCUT2D eigenvalue weighted by atomic mass is 9.68. The Morgan fingerprint density at radius 3 is 2.50 bits per heavy atom. The number of nitrogens with one attached hydrogen (secondary N) is 1. The van der Waals surface area contributed by atoms with Crippen LogP contribution in [0.25, 0.3) is 10.8 Å². The van der Waals surface area contributed by atoms with Gasteiger partial charge in [-0.15, -0.1) is 0 Å². The summed E-state index contributed by atoms with van der Waals surface area (Å²) in [6.45, 7) is 4.36. The zero-order valence-corrected chi connectivity index (χ0v) is 17.6. The number of Topliss-reactive ketones (excluding diaryl/α,β-unsaturated/α-hetero) is 1. The molecule has 1 atom stereocenters. The van der Waals surface area contributed by atoms with Crippen LogP contribution in [0.15, 0.2) is 76.4 Å². The van der Waals surface area contributed by atoms with Crippen LogP contribution < -0.4 is 5.32 Å².